The number of nitrogens with one attached hydrogen (secondary N) is 1. The number of hydrogen-bond acceptors (Lipinski definition) is 3. The average molecular weight is 286 g/mol. The van der Waals surface area contributed by atoms with Crippen LogP contribution in [0.4, 0.5) is 11.4 Å². The normalized spacial score (nSPS) is 11.9. The second-order valence-corrected chi connectivity index (χ2v) is 5.38. The Morgan fingerprint density at radius 2 is 2.00 bits per heavy atom. The standard InChI is InChI=1S/C16H18N2OS/c1-10-4-3-5-12(8-10)11(2)16(19)18-13-6-7-14(17)15(20)9-13/h3-9,11,20H,17H2,1-2H3,(H,18,19). The van der Waals surface area contributed by atoms with Gasteiger partial charge in [-0.3, -0.25) is 4.79 Å². The zero-order chi connectivity index (χ0) is 14.7. The Hall–Kier alpha value is -1.94. The second-order valence-electron chi connectivity index (χ2n) is 4.90. The quantitative estimate of drug-likeness (QED) is 0.596. The summed E-state index contributed by atoms with van der Waals surface area (Å²) in [6, 6.07) is 13.2. The van der Waals surface area contributed by atoms with E-state index in [1.165, 1.54) is 0 Å². The number of amides is 1. The van der Waals surface area contributed by atoms with Gasteiger partial charge in [-0.05, 0) is 37.6 Å². The molecule has 2 aromatic carbocycles. The summed E-state index contributed by atoms with van der Waals surface area (Å²) in [4.78, 5) is 12.9. The van der Waals surface area contributed by atoms with Crippen molar-refractivity contribution in [1.82, 2.24) is 0 Å². The van der Waals surface area contributed by atoms with Crippen LogP contribution in [0.1, 0.15) is 24.0 Å². The number of nitrogen functional groups attached to an aromatic ring is 1. The summed E-state index contributed by atoms with van der Waals surface area (Å²) in [5.74, 6) is -0.260. The lowest BCUT2D eigenvalue weighted by molar-refractivity contribution is -0.117. The molecule has 2 rings (SSSR count). The number of nitrogens with two attached hydrogens (primary N) is 1. The number of carbonyl (C=O) groups excluding carboxylic acids is 1. The van der Waals surface area contributed by atoms with Gasteiger partial charge in [-0.1, -0.05) is 29.8 Å². The molecular formula is C16H18N2OS. The lowest BCUT2D eigenvalue weighted by atomic mass is 9.98. The van der Waals surface area contributed by atoms with Crippen molar-refractivity contribution < 1.29 is 4.79 Å². The monoisotopic (exact) mass is 286 g/mol. The molecule has 0 aromatic heterocycles. The van der Waals surface area contributed by atoms with Crippen LogP contribution in [0.2, 0.25) is 0 Å². The van der Waals surface area contributed by atoms with E-state index in [0.29, 0.717) is 16.3 Å². The lowest BCUT2D eigenvalue weighted by Crippen LogP contribution is -2.19. The van der Waals surface area contributed by atoms with Crippen molar-refractivity contribution in [1.29, 1.82) is 0 Å². The van der Waals surface area contributed by atoms with E-state index in [-0.39, 0.29) is 11.8 Å². The number of hydrogen-bond donors (Lipinski definition) is 3. The van der Waals surface area contributed by atoms with Crippen molar-refractivity contribution in [2.45, 2.75) is 24.7 Å². The van der Waals surface area contributed by atoms with Crippen LogP contribution in [0.3, 0.4) is 0 Å². The minimum absolute atomic E-state index is 0.0481. The molecule has 20 heavy (non-hydrogen) atoms. The van der Waals surface area contributed by atoms with Crippen molar-refractivity contribution in [3.8, 4) is 0 Å². The maximum absolute atomic E-state index is 12.3. The Morgan fingerprint density at radius 3 is 2.65 bits per heavy atom. The molecule has 1 amide bonds. The van der Waals surface area contributed by atoms with Crippen LogP contribution in [0.5, 0.6) is 0 Å². The molecule has 1 atom stereocenters. The fourth-order valence-electron chi connectivity index (χ4n) is 1.96. The van der Waals surface area contributed by atoms with Gasteiger partial charge in [-0.15, -0.1) is 12.6 Å². The SMILES string of the molecule is Cc1cccc(C(C)C(=O)Nc2ccc(N)c(S)c2)c1. The number of benzene rings is 2. The number of rotatable bonds is 3. The fourth-order valence-corrected chi connectivity index (χ4v) is 2.18. The van der Waals surface area contributed by atoms with Crippen LogP contribution in [-0.4, -0.2) is 5.91 Å². The Morgan fingerprint density at radius 1 is 1.25 bits per heavy atom. The van der Waals surface area contributed by atoms with Gasteiger partial charge in [-0.2, -0.15) is 0 Å². The largest absolute Gasteiger partial charge is 0.398 e. The Balaban J connectivity index is 2.13. The van der Waals surface area contributed by atoms with Gasteiger partial charge in [0.05, 0.1) is 5.92 Å². The molecule has 0 spiro atoms. The van der Waals surface area contributed by atoms with Gasteiger partial charge in [0, 0.05) is 16.3 Å². The zero-order valence-corrected chi connectivity index (χ0v) is 12.4. The third-order valence-corrected chi connectivity index (χ3v) is 3.62. The third kappa shape index (κ3) is 3.33. The summed E-state index contributed by atoms with van der Waals surface area (Å²) in [6.45, 7) is 3.91. The molecule has 3 N–H and O–H groups in total. The van der Waals surface area contributed by atoms with Crippen LogP contribution in [0, 0.1) is 6.92 Å². The Bertz CT molecular complexity index is 640. The van der Waals surface area contributed by atoms with Crippen LogP contribution in [0.15, 0.2) is 47.4 Å². The van der Waals surface area contributed by atoms with Gasteiger partial charge >= 0.3 is 0 Å². The highest BCUT2D eigenvalue weighted by Gasteiger charge is 2.15. The molecule has 2 aromatic rings. The minimum Gasteiger partial charge on any atom is -0.398 e. The van der Waals surface area contributed by atoms with Gasteiger partial charge in [0.25, 0.3) is 0 Å². The van der Waals surface area contributed by atoms with Gasteiger partial charge in [0.1, 0.15) is 0 Å². The molecule has 0 aliphatic rings. The molecule has 4 heteroatoms. The third-order valence-electron chi connectivity index (χ3n) is 3.23. The van der Waals surface area contributed by atoms with Crippen LogP contribution >= 0.6 is 12.6 Å². The maximum Gasteiger partial charge on any atom is 0.231 e. The molecule has 0 heterocycles. The number of thiol groups is 1. The second kappa shape index (κ2) is 6.01. The first-order chi connectivity index (χ1) is 9.47. The van der Waals surface area contributed by atoms with E-state index >= 15 is 0 Å². The first kappa shape index (κ1) is 14.5. The Kier molecular flexibility index (Phi) is 4.35. The van der Waals surface area contributed by atoms with Crippen LogP contribution < -0.4 is 11.1 Å². The molecule has 0 bridgehead atoms. The first-order valence-corrected chi connectivity index (χ1v) is 6.88. The molecule has 104 valence electrons. The van der Waals surface area contributed by atoms with Crippen LogP contribution in [-0.2, 0) is 4.79 Å². The van der Waals surface area contributed by atoms with Gasteiger partial charge < -0.3 is 11.1 Å². The van der Waals surface area contributed by atoms with Crippen molar-refractivity contribution >= 4 is 29.9 Å². The summed E-state index contributed by atoms with van der Waals surface area (Å²) in [5, 5.41) is 2.88. The van der Waals surface area contributed by atoms with Gasteiger partial charge in [0.2, 0.25) is 5.91 Å². The van der Waals surface area contributed by atoms with Crippen molar-refractivity contribution in [3.05, 3.63) is 53.6 Å². The molecular weight excluding hydrogens is 268 g/mol. The summed E-state index contributed by atoms with van der Waals surface area (Å²) in [5.41, 5.74) is 9.15. The van der Waals surface area contributed by atoms with Crippen molar-refractivity contribution in [2.24, 2.45) is 0 Å². The smallest absolute Gasteiger partial charge is 0.231 e. The molecule has 0 aliphatic carbocycles. The summed E-state index contributed by atoms with van der Waals surface area (Å²) < 4.78 is 0. The number of aryl methyl sites for hydroxylation is 1. The van der Waals surface area contributed by atoms with E-state index in [0.717, 1.165) is 11.1 Å². The van der Waals surface area contributed by atoms with Gasteiger partial charge in [0.15, 0.2) is 0 Å². The predicted molar refractivity (Wildman–Crippen MR) is 86.3 cm³/mol. The molecule has 1 unspecified atom stereocenters. The lowest BCUT2D eigenvalue weighted by Gasteiger charge is -2.14. The first-order valence-electron chi connectivity index (χ1n) is 6.43. The van der Waals surface area contributed by atoms with Crippen LogP contribution in [0.25, 0.3) is 0 Å². The molecule has 0 saturated carbocycles. The minimum atomic E-state index is -0.212. The van der Waals surface area contributed by atoms with E-state index in [1.54, 1.807) is 18.2 Å². The van der Waals surface area contributed by atoms with E-state index in [2.05, 4.69) is 17.9 Å². The fraction of sp³-hybridized carbons (Fsp3) is 0.188. The topological polar surface area (TPSA) is 55.1 Å². The van der Waals surface area contributed by atoms with Crippen molar-refractivity contribution in [2.75, 3.05) is 11.1 Å². The number of carbonyl (C=O) groups is 1. The molecule has 0 fully saturated rings. The van der Waals surface area contributed by atoms with Crippen molar-refractivity contribution in [3.63, 3.8) is 0 Å². The maximum atomic E-state index is 12.3. The Labute approximate surface area is 124 Å². The highest BCUT2D eigenvalue weighted by Crippen LogP contribution is 2.23. The van der Waals surface area contributed by atoms with E-state index < -0.39 is 0 Å². The average Bonchev–Trinajstić information content (AvgIpc) is 2.42. The summed E-state index contributed by atoms with van der Waals surface area (Å²) in [7, 11) is 0. The molecule has 0 aliphatic heterocycles. The predicted octanol–water partition coefficient (Wildman–Crippen LogP) is 3.61. The number of anilines is 2. The van der Waals surface area contributed by atoms with Gasteiger partial charge in [-0.25, -0.2) is 0 Å². The zero-order valence-electron chi connectivity index (χ0n) is 11.6. The summed E-state index contributed by atoms with van der Waals surface area (Å²) in [6.07, 6.45) is 0. The van der Waals surface area contributed by atoms with E-state index in [4.69, 9.17) is 5.73 Å². The van der Waals surface area contributed by atoms with E-state index in [9.17, 15) is 4.79 Å². The highest BCUT2D eigenvalue weighted by molar-refractivity contribution is 7.80. The molecule has 0 saturated heterocycles. The molecule has 0 radical (unpaired) electrons. The van der Waals surface area contributed by atoms with E-state index in [1.807, 2.05) is 38.1 Å². The summed E-state index contributed by atoms with van der Waals surface area (Å²) >= 11 is 4.25. The molecule has 3 nitrogen and oxygen atoms in total. The highest BCUT2D eigenvalue weighted by atomic mass is 32.1.